The minimum absolute atomic E-state index is 0.0716. The van der Waals surface area contributed by atoms with Crippen LogP contribution in [0.15, 0.2) is 36.2 Å². The number of ether oxygens (including phenoxy) is 3. The van der Waals surface area contributed by atoms with Gasteiger partial charge in [-0.15, -0.1) is 0 Å². The number of aliphatic hydroxyl groups excluding tert-OH is 1. The smallest absolute Gasteiger partial charge is 0.410 e. The summed E-state index contributed by atoms with van der Waals surface area (Å²) in [4.78, 5) is 34.0. The number of benzene rings is 1. The number of imidazole rings is 1. The molecule has 1 N–H and O–H groups in total. The molecule has 1 saturated heterocycles. The van der Waals surface area contributed by atoms with Crippen molar-refractivity contribution >= 4 is 29.2 Å². The minimum atomic E-state index is -0.878. The quantitative estimate of drug-likeness (QED) is 0.387. The molecule has 11 heteroatoms. The highest BCUT2D eigenvalue weighted by Gasteiger charge is 2.29. The van der Waals surface area contributed by atoms with E-state index in [0.717, 1.165) is 13.1 Å². The van der Waals surface area contributed by atoms with Gasteiger partial charge in [0.2, 0.25) is 0 Å². The zero-order valence-corrected chi connectivity index (χ0v) is 25.9. The summed E-state index contributed by atoms with van der Waals surface area (Å²) in [5, 5.41) is 10.6. The minimum Gasteiger partial charge on any atom is -0.457 e. The summed E-state index contributed by atoms with van der Waals surface area (Å²) in [7, 11) is 3.63. The third-order valence-corrected chi connectivity index (χ3v) is 8.34. The first-order chi connectivity index (χ1) is 20.5. The van der Waals surface area contributed by atoms with Gasteiger partial charge in [-0.1, -0.05) is 26.0 Å². The Bertz CT molecular complexity index is 1320. The van der Waals surface area contributed by atoms with Gasteiger partial charge in [0.1, 0.15) is 17.7 Å². The summed E-state index contributed by atoms with van der Waals surface area (Å²) in [6, 6.07) is 3.26. The van der Waals surface area contributed by atoms with E-state index >= 15 is 0 Å². The molecule has 1 aromatic carbocycles. The first kappa shape index (κ1) is 32.6. The van der Waals surface area contributed by atoms with E-state index in [1.807, 2.05) is 50.6 Å². The number of nitrogens with zero attached hydrogens (tertiary/aromatic N) is 4. The number of rotatable bonds is 6. The lowest BCUT2D eigenvalue weighted by Crippen LogP contribution is -2.48. The van der Waals surface area contributed by atoms with Crippen LogP contribution in [0.3, 0.4) is 0 Å². The van der Waals surface area contributed by atoms with Crippen LogP contribution in [0.25, 0.3) is 17.1 Å². The summed E-state index contributed by atoms with van der Waals surface area (Å²) in [5.74, 6) is -1.32. The number of piperazine rings is 1. The molecular formula is C32H45FN4O6. The van der Waals surface area contributed by atoms with Crippen LogP contribution in [0.5, 0.6) is 0 Å². The molecule has 2 aromatic rings. The Kier molecular flexibility index (Phi) is 11.3. The van der Waals surface area contributed by atoms with Gasteiger partial charge in [-0.2, -0.15) is 0 Å². The number of likely N-dealkylation sites (N-methyl/N-ethyl adjacent to an activating group) is 1. The Morgan fingerprint density at radius 3 is 2.65 bits per heavy atom. The van der Waals surface area contributed by atoms with Gasteiger partial charge in [-0.3, -0.25) is 4.79 Å². The summed E-state index contributed by atoms with van der Waals surface area (Å²) in [6.45, 7) is 9.53. The molecule has 5 atom stereocenters. The van der Waals surface area contributed by atoms with Gasteiger partial charge in [0.15, 0.2) is 5.82 Å². The third-order valence-electron chi connectivity index (χ3n) is 8.34. The van der Waals surface area contributed by atoms with E-state index in [4.69, 9.17) is 14.2 Å². The number of methoxy groups -OCH3 is 1. The Morgan fingerprint density at radius 2 is 1.93 bits per heavy atom. The lowest BCUT2D eigenvalue weighted by molar-refractivity contribution is -0.151. The molecule has 2 aliphatic rings. The summed E-state index contributed by atoms with van der Waals surface area (Å²) in [6.07, 6.45) is 5.55. The number of aliphatic hydroxyl groups is 1. The van der Waals surface area contributed by atoms with Crippen LogP contribution < -0.4 is 0 Å². The molecule has 236 valence electrons. The van der Waals surface area contributed by atoms with Crippen molar-refractivity contribution in [1.82, 2.24) is 19.4 Å². The highest BCUT2D eigenvalue weighted by Crippen LogP contribution is 2.27. The van der Waals surface area contributed by atoms with Crippen LogP contribution in [0.4, 0.5) is 9.18 Å². The molecule has 3 heterocycles. The van der Waals surface area contributed by atoms with Crippen molar-refractivity contribution in [1.29, 1.82) is 0 Å². The molecule has 1 amide bonds. The van der Waals surface area contributed by atoms with Gasteiger partial charge in [-0.25, -0.2) is 14.2 Å². The summed E-state index contributed by atoms with van der Waals surface area (Å²) in [5.41, 5.74) is 2.23. The van der Waals surface area contributed by atoms with E-state index < -0.39 is 30.1 Å². The molecule has 0 saturated carbocycles. The lowest BCUT2D eigenvalue weighted by atomic mass is 9.91. The van der Waals surface area contributed by atoms with Crippen molar-refractivity contribution in [2.75, 3.05) is 46.9 Å². The molecule has 4 rings (SSSR count). The van der Waals surface area contributed by atoms with Crippen LogP contribution in [0.2, 0.25) is 0 Å². The lowest BCUT2D eigenvalue weighted by Gasteiger charge is -2.33. The van der Waals surface area contributed by atoms with Crippen molar-refractivity contribution in [3.8, 4) is 0 Å². The normalized spacial score (nSPS) is 27.3. The first-order valence-corrected chi connectivity index (χ1v) is 15.1. The third kappa shape index (κ3) is 8.64. The van der Waals surface area contributed by atoms with Gasteiger partial charge >= 0.3 is 12.1 Å². The average Bonchev–Trinajstić information content (AvgIpc) is 3.38. The van der Waals surface area contributed by atoms with E-state index in [2.05, 4.69) is 9.88 Å². The second-order valence-corrected chi connectivity index (χ2v) is 11.9. The van der Waals surface area contributed by atoms with Crippen LogP contribution in [0.1, 0.15) is 45.6 Å². The largest absolute Gasteiger partial charge is 0.457 e. The van der Waals surface area contributed by atoms with Crippen molar-refractivity contribution < 1.29 is 33.3 Å². The van der Waals surface area contributed by atoms with Crippen molar-refractivity contribution in [3.63, 3.8) is 0 Å². The van der Waals surface area contributed by atoms with E-state index in [-0.39, 0.29) is 29.9 Å². The Morgan fingerprint density at radius 1 is 1.19 bits per heavy atom. The maximum absolute atomic E-state index is 15.0. The number of fused-ring (bicyclic) bond motifs is 1. The highest BCUT2D eigenvalue weighted by molar-refractivity contribution is 5.79. The number of esters is 1. The zero-order valence-electron chi connectivity index (χ0n) is 25.9. The molecule has 0 aliphatic carbocycles. The predicted octanol–water partition coefficient (Wildman–Crippen LogP) is 4.26. The Hall–Kier alpha value is -3.28. The monoisotopic (exact) mass is 600 g/mol. The van der Waals surface area contributed by atoms with Gasteiger partial charge < -0.3 is 33.7 Å². The van der Waals surface area contributed by atoms with Gasteiger partial charge in [0.25, 0.3) is 0 Å². The molecule has 1 aromatic heterocycles. The molecule has 0 unspecified atom stereocenters. The number of halogens is 1. The van der Waals surface area contributed by atoms with Crippen LogP contribution >= 0.6 is 0 Å². The fraction of sp³-hybridized carbons (Fsp3) is 0.594. The van der Waals surface area contributed by atoms with Crippen molar-refractivity contribution in [3.05, 3.63) is 47.6 Å². The predicted molar refractivity (Wildman–Crippen MR) is 162 cm³/mol. The molecule has 0 radical (unpaired) electrons. The zero-order chi connectivity index (χ0) is 31.1. The summed E-state index contributed by atoms with van der Waals surface area (Å²) >= 11 is 0. The van der Waals surface area contributed by atoms with Crippen LogP contribution in [-0.4, -0.2) is 102 Å². The maximum Gasteiger partial charge on any atom is 0.410 e. The molecule has 10 nitrogen and oxygen atoms in total. The Balaban J connectivity index is 1.59. The number of aromatic nitrogens is 2. The average molecular weight is 601 g/mol. The van der Waals surface area contributed by atoms with Gasteiger partial charge in [0.05, 0.1) is 31.0 Å². The standard InChI is InChI=1S/C32H45FN4O6/c1-21-6-8-25(38)19-29(39)43-31(22(2)7-9-28(21)42-32(40)36-12-10-35(4)11-13-36)23(3)16-24-17-26(33)30-27(18-24)37(20-34-30)14-15-41-5/h7,9,16-18,20-22,25,28,31,38H,6,8,10-15,19H2,1-5H3/b9-7+,23-16+/t21-,22-,25+,28-,31-/m0/s1. The first-order valence-electron chi connectivity index (χ1n) is 15.1. The maximum atomic E-state index is 15.0. The van der Waals surface area contributed by atoms with Crippen LogP contribution in [-0.2, 0) is 25.5 Å². The Labute approximate surface area is 253 Å². The van der Waals surface area contributed by atoms with E-state index in [1.54, 1.807) is 24.4 Å². The second kappa shape index (κ2) is 14.9. The fourth-order valence-electron chi connectivity index (χ4n) is 5.57. The molecule has 0 spiro atoms. The molecular weight excluding hydrogens is 555 g/mol. The molecule has 43 heavy (non-hydrogen) atoms. The fourth-order valence-corrected chi connectivity index (χ4v) is 5.57. The number of carbonyl (C=O) groups excluding carboxylic acids is 2. The number of amides is 1. The van der Waals surface area contributed by atoms with E-state index in [0.29, 0.717) is 55.7 Å². The molecule has 0 bridgehead atoms. The topological polar surface area (TPSA) is 106 Å². The second-order valence-electron chi connectivity index (χ2n) is 11.9. The number of cyclic esters (lactones) is 1. The van der Waals surface area contributed by atoms with E-state index in [9.17, 15) is 19.1 Å². The molecule has 2 aliphatic heterocycles. The number of hydrogen-bond donors (Lipinski definition) is 1. The van der Waals surface area contributed by atoms with Crippen molar-refractivity contribution in [2.24, 2.45) is 11.8 Å². The van der Waals surface area contributed by atoms with Crippen LogP contribution in [0, 0.1) is 17.7 Å². The molecule has 1 fully saturated rings. The van der Waals surface area contributed by atoms with Gasteiger partial charge in [-0.05, 0) is 62.1 Å². The summed E-state index contributed by atoms with van der Waals surface area (Å²) < 4.78 is 33.9. The number of hydrogen-bond acceptors (Lipinski definition) is 8. The van der Waals surface area contributed by atoms with Crippen molar-refractivity contribution in [2.45, 2.75) is 64.9 Å². The SMILES string of the molecule is COCCn1cnc2c(F)cc(/C=C(\C)[C@H]3OC(=O)C[C@H](O)CC[C@H](C)[C@@H](OC(=O)N4CCN(C)CC4)/C=C/[C@@H]3C)cc21. The highest BCUT2D eigenvalue weighted by atomic mass is 19.1. The van der Waals surface area contributed by atoms with E-state index in [1.165, 1.54) is 6.07 Å². The van der Waals surface area contributed by atoms with Gasteiger partial charge in [0, 0.05) is 45.8 Å². The number of carbonyl (C=O) groups is 2.